The molecule has 0 spiro atoms. The number of rotatable bonds is 4. The fraction of sp³-hybridized carbons (Fsp3) is 0.467. The highest BCUT2D eigenvalue weighted by atomic mass is 16.5. The summed E-state index contributed by atoms with van der Waals surface area (Å²) in [6.07, 6.45) is 2.62. The highest BCUT2D eigenvalue weighted by Gasteiger charge is 2.18. The lowest BCUT2D eigenvalue weighted by molar-refractivity contribution is -0.116. The number of esters is 1. The van der Waals surface area contributed by atoms with E-state index in [-0.39, 0.29) is 11.9 Å². The highest BCUT2D eigenvalue weighted by molar-refractivity contribution is 5.95. The van der Waals surface area contributed by atoms with Crippen LogP contribution in [0.25, 0.3) is 0 Å². The molecule has 1 unspecified atom stereocenters. The number of methoxy groups -OCH3 is 1. The van der Waals surface area contributed by atoms with E-state index in [9.17, 15) is 9.59 Å². The third-order valence-corrected chi connectivity index (χ3v) is 3.53. The highest BCUT2D eigenvalue weighted by Crippen LogP contribution is 2.18. The number of carbonyl (C=O) groups is 2. The molecular weight excluding hydrogens is 256 g/mol. The molecule has 5 heteroatoms. The molecule has 1 aliphatic heterocycles. The van der Waals surface area contributed by atoms with Crippen LogP contribution in [0.4, 0.5) is 5.69 Å². The van der Waals surface area contributed by atoms with Crippen molar-refractivity contribution in [2.75, 3.05) is 19.0 Å². The second-order valence-electron chi connectivity index (χ2n) is 5.07. The number of carbonyl (C=O) groups excluding carboxylic acids is 2. The first-order chi connectivity index (χ1) is 9.60. The van der Waals surface area contributed by atoms with Crippen LogP contribution in [-0.2, 0) is 9.53 Å². The Morgan fingerprint density at radius 1 is 1.45 bits per heavy atom. The zero-order chi connectivity index (χ0) is 14.5. The standard InChI is InChI=1S/C15H20N2O3/c1-10-5-6-11(15(19)20-2)8-13(10)17-14(18)9-12-4-3-7-16-12/h5-6,8,12,16H,3-4,7,9H2,1-2H3,(H,17,18). The molecule has 0 radical (unpaired) electrons. The Balaban J connectivity index is 2.03. The summed E-state index contributed by atoms with van der Waals surface area (Å²) in [5.41, 5.74) is 2.02. The van der Waals surface area contributed by atoms with Crippen molar-refractivity contribution in [3.05, 3.63) is 29.3 Å². The van der Waals surface area contributed by atoms with Crippen LogP contribution in [-0.4, -0.2) is 31.6 Å². The molecule has 0 bridgehead atoms. The summed E-state index contributed by atoms with van der Waals surface area (Å²) >= 11 is 0. The minimum atomic E-state index is -0.405. The van der Waals surface area contributed by atoms with Gasteiger partial charge in [0.25, 0.3) is 0 Å². The minimum Gasteiger partial charge on any atom is -0.465 e. The van der Waals surface area contributed by atoms with Gasteiger partial charge in [-0.3, -0.25) is 4.79 Å². The Hall–Kier alpha value is -1.88. The van der Waals surface area contributed by atoms with Gasteiger partial charge in [0.1, 0.15) is 0 Å². The summed E-state index contributed by atoms with van der Waals surface area (Å²) in [5, 5.41) is 6.16. The lowest BCUT2D eigenvalue weighted by atomic mass is 10.1. The molecule has 1 amide bonds. The molecule has 0 saturated carbocycles. The van der Waals surface area contributed by atoms with Crippen LogP contribution < -0.4 is 10.6 Å². The van der Waals surface area contributed by atoms with E-state index in [1.807, 2.05) is 6.92 Å². The van der Waals surface area contributed by atoms with E-state index in [0.29, 0.717) is 17.7 Å². The first-order valence-electron chi connectivity index (χ1n) is 6.82. The maximum atomic E-state index is 12.0. The molecule has 1 heterocycles. The molecule has 20 heavy (non-hydrogen) atoms. The largest absolute Gasteiger partial charge is 0.465 e. The van der Waals surface area contributed by atoms with Crippen LogP contribution in [0.3, 0.4) is 0 Å². The Labute approximate surface area is 118 Å². The third kappa shape index (κ3) is 3.57. The van der Waals surface area contributed by atoms with Gasteiger partial charge in [0.15, 0.2) is 0 Å². The number of amides is 1. The maximum Gasteiger partial charge on any atom is 0.337 e. The van der Waals surface area contributed by atoms with Gasteiger partial charge in [-0.2, -0.15) is 0 Å². The van der Waals surface area contributed by atoms with Gasteiger partial charge >= 0.3 is 5.97 Å². The van der Waals surface area contributed by atoms with Crippen LogP contribution in [0.2, 0.25) is 0 Å². The second-order valence-corrected chi connectivity index (χ2v) is 5.07. The zero-order valence-electron chi connectivity index (χ0n) is 11.9. The molecule has 5 nitrogen and oxygen atoms in total. The summed E-state index contributed by atoms with van der Waals surface area (Å²) in [4.78, 5) is 23.5. The predicted octanol–water partition coefficient (Wildman–Crippen LogP) is 1.86. The summed E-state index contributed by atoms with van der Waals surface area (Å²) in [6.45, 7) is 2.87. The summed E-state index contributed by atoms with van der Waals surface area (Å²) in [7, 11) is 1.34. The van der Waals surface area contributed by atoms with Gasteiger partial charge in [0.2, 0.25) is 5.91 Å². The van der Waals surface area contributed by atoms with Crippen molar-refractivity contribution in [3.63, 3.8) is 0 Å². The van der Waals surface area contributed by atoms with E-state index in [1.54, 1.807) is 18.2 Å². The van der Waals surface area contributed by atoms with Crippen molar-refractivity contribution in [1.82, 2.24) is 5.32 Å². The van der Waals surface area contributed by atoms with Gasteiger partial charge in [-0.05, 0) is 44.0 Å². The van der Waals surface area contributed by atoms with Crippen molar-refractivity contribution in [2.45, 2.75) is 32.2 Å². The van der Waals surface area contributed by atoms with E-state index >= 15 is 0 Å². The molecular formula is C15H20N2O3. The first-order valence-corrected chi connectivity index (χ1v) is 6.82. The smallest absolute Gasteiger partial charge is 0.337 e. The van der Waals surface area contributed by atoms with Crippen molar-refractivity contribution < 1.29 is 14.3 Å². The van der Waals surface area contributed by atoms with E-state index in [4.69, 9.17) is 0 Å². The van der Waals surface area contributed by atoms with Crippen LogP contribution >= 0.6 is 0 Å². The second kappa shape index (κ2) is 6.52. The van der Waals surface area contributed by atoms with Gasteiger partial charge in [0, 0.05) is 18.2 Å². The first kappa shape index (κ1) is 14.5. The van der Waals surface area contributed by atoms with Crippen molar-refractivity contribution >= 4 is 17.6 Å². The molecule has 1 saturated heterocycles. The minimum absolute atomic E-state index is 0.0329. The van der Waals surface area contributed by atoms with Crippen LogP contribution in [0.15, 0.2) is 18.2 Å². The summed E-state index contributed by atoms with van der Waals surface area (Å²) in [6, 6.07) is 5.41. The number of hydrogen-bond donors (Lipinski definition) is 2. The number of ether oxygens (including phenoxy) is 1. The number of anilines is 1. The van der Waals surface area contributed by atoms with Crippen LogP contribution in [0, 0.1) is 6.92 Å². The lowest BCUT2D eigenvalue weighted by Crippen LogP contribution is -2.27. The molecule has 1 fully saturated rings. The van der Waals surface area contributed by atoms with Gasteiger partial charge in [-0.1, -0.05) is 6.07 Å². The third-order valence-electron chi connectivity index (χ3n) is 3.53. The Morgan fingerprint density at radius 2 is 2.25 bits per heavy atom. The zero-order valence-corrected chi connectivity index (χ0v) is 11.9. The van der Waals surface area contributed by atoms with E-state index in [2.05, 4.69) is 15.4 Å². The van der Waals surface area contributed by atoms with E-state index in [0.717, 1.165) is 24.9 Å². The molecule has 1 aliphatic rings. The van der Waals surface area contributed by atoms with Crippen LogP contribution in [0.5, 0.6) is 0 Å². The number of nitrogens with one attached hydrogen (secondary N) is 2. The van der Waals surface area contributed by atoms with E-state index < -0.39 is 5.97 Å². The van der Waals surface area contributed by atoms with E-state index in [1.165, 1.54) is 7.11 Å². The van der Waals surface area contributed by atoms with Crippen molar-refractivity contribution in [3.8, 4) is 0 Å². The van der Waals surface area contributed by atoms with Crippen LogP contribution in [0.1, 0.15) is 35.2 Å². The molecule has 2 rings (SSSR count). The number of benzene rings is 1. The van der Waals surface area contributed by atoms with Gasteiger partial charge in [-0.25, -0.2) is 4.79 Å². The number of aryl methyl sites for hydroxylation is 1. The van der Waals surface area contributed by atoms with Gasteiger partial charge in [0.05, 0.1) is 12.7 Å². The van der Waals surface area contributed by atoms with Gasteiger partial charge < -0.3 is 15.4 Å². The summed E-state index contributed by atoms with van der Waals surface area (Å²) < 4.78 is 4.68. The Kier molecular flexibility index (Phi) is 4.74. The molecule has 0 aliphatic carbocycles. The lowest BCUT2D eigenvalue weighted by Gasteiger charge is -2.13. The normalized spacial score (nSPS) is 17.8. The van der Waals surface area contributed by atoms with Crippen molar-refractivity contribution in [2.24, 2.45) is 0 Å². The molecule has 1 atom stereocenters. The quantitative estimate of drug-likeness (QED) is 0.824. The number of hydrogen-bond acceptors (Lipinski definition) is 4. The fourth-order valence-corrected chi connectivity index (χ4v) is 2.36. The average molecular weight is 276 g/mol. The molecule has 1 aromatic rings. The molecule has 108 valence electrons. The van der Waals surface area contributed by atoms with Gasteiger partial charge in [-0.15, -0.1) is 0 Å². The summed E-state index contributed by atoms with van der Waals surface area (Å²) in [5.74, 6) is -0.438. The Morgan fingerprint density at radius 3 is 2.90 bits per heavy atom. The average Bonchev–Trinajstić information content (AvgIpc) is 2.93. The SMILES string of the molecule is COC(=O)c1ccc(C)c(NC(=O)CC2CCCN2)c1. The monoisotopic (exact) mass is 276 g/mol. The molecule has 2 N–H and O–H groups in total. The fourth-order valence-electron chi connectivity index (χ4n) is 2.36. The Bertz CT molecular complexity index is 508. The topological polar surface area (TPSA) is 67.4 Å². The maximum absolute atomic E-state index is 12.0. The molecule has 0 aromatic heterocycles. The molecule has 1 aromatic carbocycles. The predicted molar refractivity (Wildman–Crippen MR) is 76.8 cm³/mol. The van der Waals surface area contributed by atoms with Crippen molar-refractivity contribution in [1.29, 1.82) is 0 Å².